The molecule has 6 heteroatoms. The van der Waals surface area contributed by atoms with E-state index in [0.29, 0.717) is 11.1 Å². The number of carboxylic acids is 1. The highest BCUT2D eigenvalue weighted by atomic mass is 32.1. The smallest absolute Gasteiger partial charge is 0.303 e. The van der Waals surface area contributed by atoms with Gasteiger partial charge >= 0.3 is 5.97 Å². The van der Waals surface area contributed by atoms with Gasteiger partial charge < -0.3 is 10.4 Å². The van der Waals surface area contributed by atoms with Gasteiger partial charge in [-0.3, -0.25) is 4.79 Å². The first-order valence-corrected chi connectivity index (χ1v) is 10.3. The van der Waals surface area contributed by atoms with Crippen LogP contribution in [0.15, 0.2) is 41.8 Å². The molecule has 4 rings (SSSR count). The largest absolute Gasteiger partial charge is 0.481 e. The van der Waals surface area contributed by atoms with Crippen molar-refractivity contribution in [2.45, 2.75) is 25.7 Å². The van der Waals surface area contributed by atoms with Crippen molar-refractivity contribution < 1.29 is 14.3 Å². The molecule has 0 amide bonds. The van der Waals surface area contributed by atoms with Crippen LogP contribution in [0.4, 0.5) is 4.39 Å². The van der Waals surface area contributed by atoms with Crippen LogP contribution >= 0.6 is 11.3 Å². The Labute approximate surface area is 167 Å². The molecule has 4 nitrogen and oxygen atoms in total. The average molecular weight is 396 g/mol. The van der Waals surface area contributed by atoms with Crippen molar-refractivity contribution in [3.8, 4) is 21.8 Å². The fraction of sp³-hybridized carbons (Fsp3) is 0.273. The number of carbonyl (C=O) groups is 1. The maximum Gasteiger partial charge on any atom is 0.303 e. The van der Waals surface area contributed by atoms with Crippen LogP contribution in [0.5, 0.6) is 0 Å². The molecule has 0 atom stereocenters. The number of aromatic nitrogens is 1. The summed E-state index contributed by atoms with van der Waals surface area (Å²) in [5.74, 6) is -1.31. The number of nitrogens with one attached hydrogen (secondary N) is 1. The van der Waals surface area contributed by atoms with Crippen LogP contribution in [0, 0.1) is 5.82 Å². The molecular formula is C22H21FN2O2S. The molecule has 0 saturated carbocycles. The molecule has 1 aliphatic heterocycles. The molecule has 3 aromatic rings. The van der Waals surface area contributed by atoms with Crippen molar-refractivity contribution >= 4 is 17.3 Å². The topological polar surface area (TPSA) is 62.2 Å². The van der Waals surface area contributed by atoms with Gasteiger partial charge in [-0.2, -0.15) is 0 Å². The number of halogens is 1. The first-order chi connectivity index (χ1) is 13.6. The van der Waals surface area contributed by atoms with Gasteiger partial charge in [0, 0.05) is 22.9 Å². The van der Waals surface area contributed by atoms with Gasteiger partial charge in [0.05, 0.1) is 5.69 Å². The Bertz CT molecular complexity index is 1020. The molecule has 0 fully saturated rings. The Morgan fingerprint density at radius 3 is 2.68 bits per heavy atom. The highest BCUT2D eigenvalue weighted by Gasteiger charge is 2.13. The number of hydrogen-bond acceptors (Lipinski definition) is 4. The highest BCUT2D eigenvalue weighted by molar-refractivity contribution is 7.13. The van der Waals surface area contributed by atoms with Crippen molar-refractivity contribution in [1.82, 2.24) is 10.3 Å². The van der Waals surface area contributed by atoms with Crippen molar-refractivity contribution in [3.63, 3.8) is 0 Å². The molecule has 2 aromatic carbocycles. The van der Waals surface area contributed by atoms with E-state index in [-0.39, 0.29) is 18.7 Å². The third-order valence-corrected chi connectivity index (χ3v) is 5.95. The minimum Gasteiger partial charge on any atom is -0.481 e. The lowest BCUT2D eigenvalue weighted by atomic mass is 9.99. The van der Waals surface area contributed by atoms with E-state index in [9.17, 15) is 9.18 Å². The van der Waals surface area contributed by atoms with Gasteiger partial charge in [-0.25, -0.2) is 9.37 Å². The molecule has 0 unspecified atom stereocenters. The lowest BCUT2D eigenvalue weighted by Crippen LogP contribution is -2.16. The summed E-state index contributed by atoms with van der Waals surface area (Å²) in [6, 6.07) is 11.4. The van der Waals surface area contributed by atoms with E-state index in [0.717, 1.165) is 42.2 Å². The quantitative estimate of drug-likeness (QED) is 0.674. The molecule has 2 heterocycles. The summed E-state index contributed by atoms with van der Waals surface area (Å²) in [5, 5.41) is 14.9. The standard InChI is InChI=1S/C22H21FN2O2S/c23-19-12-18(4-2-15(19)5-6-21(26)27)22-25-20(13-28-22)17-3-1-14-7-9-24-10-8-16(14)11-17/h1-4,11-13,24H,5-10H2,(H,26,27). The maximum atomic E-state index is 14.3. The van der Waals surface area contributed by atoms with Crippen LogP contribution in [0.3, 0.4) is 0 Å². The number of rotatable bonds is 5. The fourth-order valence-electron chi connectivity index (χ4n) is 3.50. The second-order valence-corrected chi connectivity index (χ2v) is 7.83. The number of nitrogens with zero attached hydrogens (tertiary/aromatic N) is 1. The second-order valence-electron chi connectivity index (χ2n) is 6.97. The van der Waals surface area contributed by atoms with Gasteiger partial charge in [0.1, 0.15) is 10.8 Å². The summed E-state index contributed by atoms with van der Waals surface area (Å²) >= 11 is 1.49. The van der Waals surface area contributed by atoms with Crippen LogP contribution < -0.4 is 5.32 Å². The number of carboxylic acid groups (broad SMARTS) is 1. The van der Waals surface area contributed by atoms with Crippen molar-refractivity contribution in [2.24, 2.45) is 0 Å². The number of fused-ring (bicyclic) bond motifs is 1. The molecule has 28 heavy (non-hydrogen) atoms. The summed E-state index contributed by atoms with van der Waals surface area (Å²) in [4.78, 5) is 15.4. The van der Waals surface area contributed by atoms with Crippen LogP contribution in [0.2, 0.25) is 0 Å². The third kappa shape index (κ3) is 4.13. The summed E-state index contributed by atoms with van der Waals surface area (Å²) in [6.45, 7) is 2.01. The van der Waals surface area contributed by atoms with Crippen molar-refractivity contribution in [1.29, 1.82) is 0 Å². The van der Waals surface area contributed by atoms with E-state index in [1.165, 1.54) is 28.5 Å². The predicted octanol–water partition coefficient (Wildman–Crippen LogP) is 4.32. The van der Waals surface area contributed by atoms with E-state index in [1.807, 2.05) is 11.4 Å². The Morgan fingerprint density at radius 1 is 1.11 bits per heavy atom. The Balaban J connectivity index is 1.57. The number of aliphatic carboxylic acids is 1. The molecule has 0 radical (unpaired) electrons. The zero-order valence-corrected chi connectivity index (χ0v) is 16.2. The minimum atomic E-state index is -0.926. The van der Waals surface area contributed by atoms with Gasteiger partial charge in [-0.1, -0.05) is 24.3 Å². The second kappa shape index (κ2) is 8.20. The molecule has 1 aromatic heterocycles. The van der Waals surface area contributed by atoms with Crippen LogP contribution in [-0.2, 0) is 24.1 Å². The predicted molar refractivity (Wildman–Crippen MR) is 109 cm³/mol. The Kier molecular flexibility index (Phi) is 5.50. The SMILES string of the molecule is O=C(O)CCc1ccc(-c2nc(-c3ccc4c(c3)CCNCC4)cs2)cc1F. The maximum absolute atomic E-state index is 14.3. The highest BCUT2D eigenvalue weighted by Crippen LogP contribution is 2.31. The zero-order valence-electron chi connectivity index (χ0n) is 15.4. The summed E-state index contributed by atoms with van der Waals surface area (Å²) < 4.78 is 14.3. The van der Waals surface area contributed by atoms with E-state index in [4.69, 9.17) is 10.1 Å². The molecule has 1 aliphatic rings. The van der Waals surface area contributed by atoms with E-state index >= 15 is 0 Å². The van der Waals surface area contributed by atoms with E-state index in [2.05, 4.69) is 23.5 Å². The van der Waals surface area contributed by atoms with Crippen LogP contribution in [-0.4, -0.2) is 29.1 Å². The Hall–Kier alpha value is -2.57. The number of hydrogen-bond donors (Lipinski definition) is 2. The van der Waals surface area contributed by atoms with Crippen LogP contribution in [0.1, 0.15) is 23.1 Å². The fourth-order valence-corrected chi connectivity index (χ4v) is 4.32. The Morgan fingerprint density at radius 2 is 1.89 bits per heavy atom. The normalized spacial score (nSPS) is 13.8. The van der Waals surface area contributed by atoms with Gasteiger partial charge in [-0.05, 0) is 61.2 Å². The molecular weight excluding hydrogens is 375 g/mol. The summed E-state index contributed by atoms with van der Waals surface area (Å²) in [5.41, 5.74) is 5.88. The minimum absolute atomic E-state index is 0.0779. The monoisotopic (exact) mass is 396 g/mol. The van der Waals surface area contributed by atoms with Crippen molar-refractivity contribution in [2.75, 3.05) is 13.1 Å². The summed E-state index contributed by atoms with van der Waals surface area (Å²) in [7, 11) is 0. The molecule has 0 spiro atoms. The van der Waals surface area contributed by atoms with Gasteiger partial charge in [0.15, 0.2) is 0 Å². The molecule has 0 saturated heterocycles. The van der Waals surface area contributed by atoms with E-state index in [1.54, 1.807) is 6.07 Å². The van der Waals surface area contributed by atoms with Crippen LogP contribution in [0.25, 0.3) is 21.8 Å². The number of thiazole rings is 1. The number of aryl methyl sites for hydroxylation is 1. The van der Waals surface area contributed by atoms with Gasteiger partial charge in [0.2, 0.25) is 0 Å². The van der Waals surface area contributed by atoms with E-state index < -0.39 is 5.97 Å². The van der Waals surface area contributed by atoms with Gasteiger partial charge in [-0.15, -0.1) is 11.3 Å². The average Bonchev–Trinajstić information content (AvgIpc) is 3.06. The number of benzene rings is 2. The molecule has 0 bridgehead atoms. The molecule has 144 valence electrons. The third-order valence-electron chi connectivity index (χ3n) is 5.06. The summed E-state index contributed by atoms with van der Waals surface area (Å²) in [6.07, 6.45) is 2.18. The molecule has 0 aliphatic carbocycles. The first-order valence-electron chi connectivity index (χ1n) is 9.39. The molecule has 2 N–H and O–H groups in total. The van der Waals surface area contributed by atoms with Crippen molar-refractivity contribution in [3.05, 3.63) is 64.3 Å². The first kappa shape index (κ1) is 18.8. The zero-order chi connectivity index (χ0) is 19.5. The van der Waals surface area contributed by atoms with Gasteiger partial charge in [0.25, 0.3) is 0 Å². The lowest BCUT2D eigenvalue weighted by Gasteiger charge is -2.07. The lowest BCUT2D eigenvalue weighted by molar-refractivity contribution is -0.136.